The maximum absolute atomic E-state index is 11.6. The fraction of sp³-hybridized carbons (Fsp3) is 0.364. The summed E-state index contributed by atoms with van der Waals surface area (Å²) in [5, 5.41) is 2.49. The molecule has 0 spiro atoms. The zero-order valence-corrected chi connectivity index (χ0v) is 13.3. The van der Waals surface area contributed by atoms with Crippen molar-refractivity contribution in [2.45, 2.75) is 10.9 Å². The molecule has 0 fully saturated rings. The number of hydrogen-bond donors (Lipinski definition) is 1. The van der Waals surface area contributed by atoms with Crippen LogP contribution in [0.1, 0.15) is 11.6 Å². The average Bonchev–Trinajstić information content (AvgIpc) is 2.68. The van der Waals surface area contributed by atoms with Crippen molar-refractivity contribution in [1.29, 1.82) is 0 Å². The zero-order valence-electron chi connectivity index (χ0n) is 10.9. The second-order valence-corrected chi connectivity index (χ2v) is 9.34. The van der Waals surface area contributed by atoms with Gasteiger partial charge in [-0.15, -0.1) is 0 Å². The Morgan fingerprint density at radius 1 is 1.38 bits per heavy atom. The molecule has 0 radical (unpaired) electrons. The summed E-state index contributed by atoms with van der Waals surface area (Å²) in [7, 11) is -2.08. The number of carbonyl (C=O) groups excluding carboxylic acids is 1. The van der Waals surface area contributed by atoms with Crippen LogP contribution in [0.25, 0.3) is 0 Å². The van der Waals surface area contributed by atoms with Gasteiger partial charge in [0.05, 0.1) is 10.9 Å². The van der Waals surface area contributed by atoms with E-state index in [0.717, 1.165) is 6.26 Å². The van der Waals surface area contributed by atoms with Gasteiger partial charge in [0.1, 0.15) is 18.1 Å². The number of amides is 1. The molecule has 21 heavy (non-hydrogen) atoms. The molecule has 1 N–H and O–H groups in total. The van der Waals surface area contributed by atoms with Crippen LogP contribution in [0, 0.1) is 0 Å². The van der Waals surface area contributed by atoms with Crippen molar-refractivity contribution in [2.75, 3.05) is 18.6 Å². The molecule has 10 heteroatoms. The first-order valence-electron chi connectivity index (χ1n) is 5.75. The Bertz CT molecular complexity index is 787. The molecule has 0 saturated carbocycles. The highest BCUT2D eigenvalue weighted by molar-refractivity contribution is 8.13. The Hall–Kier alpha value is -1.32. The number of nitrogens with one attached hydrogen (secondary N) is 1. The molecule has 1 unspecified atom stereocenters. The third kappa shape index (κ3) is 4.08. The van der Waals surface area contributed by atoms with Crippen LogP contribution in [0.3, 0.4) is 0 Å². The molecule has 1 atom stereocenters. The molecular weight excluding hydrogens is 342 g/mol. The van der Waals surface area contributed by atoms with Crippen LogP contribution in [0.4, 0.5) is 0 Å². The molecule has 116 valence electrons. The number of sulfone groups is 1. The molecule has 1 aliphatic heterocycles. The number of benzene rings is 1. The molecule has 1 aliphatic rings. The van der Waals surface area contributed by atoms with Crippen molar-refractivity contribution in [3.05, 3.63) is 23.8 Å². The highest BCUT2D eigenvalue weighted by atomic mass is 35.7. The number of ether oxygens (including phenoxy) is 1. The Morgan fingerprint density at radius 3 is 2.62 bits per heavy atom. The van der Waals surface area contributed by atoms with E-state index in [9.17, 15) is 21.6 Å². The Morgan fingerprint density at radius 2 is 2.05 bits per heavy atom. The summed E-state index contributed by atoms with van der Waals surface area (Å²) >= 11 is 0. The molecule has 1 aromatic carbocycles. The van der Waals surface area contributed by atoms with Crippen LogP contribution in [0.2, 0.25) is 0 Å². The molecule has 2 rings (SSSR count). The van der Waals surface area contributed by atoms with E-state index in [1.165, 1.54) is 18.2 Å². The lowest BCUT2D eigenvalue weighted by Crippen LogP contribution is -2.34. The maximum Gasteiger partial charge on any atom is 0.261 e. The number of hydrogen-bond acceptors (Lipinski definition) is 6. The molecular formula is C11H12ClNO6S2. The summed E-state index contributed by atoms with van der Waals surface area (Å²) in [6.07, 6.45) is 0.948. The predicted molar refractivity (Wildman–Crippen MR) is 75.6 cm³/mol. The second-order valence-electron chi connectivity index (χ2n) is 4.64. The SMILES string of the molecule is CS(=O)(=O)CC(=O)NC1COc2ccc(S(=O)(=O)Cl)cc21. The third-order valence-corrected chi connectivity index (χ3v) is 4.91. The normalized spacial score (nSPS) is 17.9. The number of rotatable bonds is 4. The van der Waals surface area contributed by atoms with Crippen LogP contribution in [-0.4, -0.2) is 41.4 Å². The van der Waals surface area contributed by atoms with Crippen molar-refractivity contribution in [1.82, 2.24) is 5.32 Å². The van der Waals surface area contributed by atoms with E-state index in [1.54, 1.807) is 0 Å². The van der Waals surface area contributed by atoms with Gasteiger partial charge in [0.2, 0.25) is 5.91 Å². The molecule has 0 saturated heterocycles. The monoisotopic (exact) mass is 353 g/mol. The summed E-state index contributed by atoms with van der Waals surface area (Å²) in [6, 6.07) is 3.42. The van der Waals surface area contributed by atoms with Gasteiger partial charge in [-0.2, -0.15) is 0 Å². The molecule has 7 nitrogen and oxygen atoms in total. The second kappa shape index (κ2) is 5.47. The Kier molecular flexibility index (Phi) is 4.18. The van der Waals surface area contributed by atoms with E-state index in [1.807, 2.05) is 0 Å². The molecule has 0 bridgehead atoms. The number of halogens is 1. The van der Waals surface area contributed by atoms with Gasteiger partial charge in [-0.3, -0.25) is 4.79 Å². The molecule has 1 amide bonds. The summed E-state index contributed by atoms with van der Waals surface area (Å²) in [5.74, 6) is -0.909. The van der Waals surface area contributed by atoms with Crippen molar-refractivity contribution >= 4 is 35.5 Å². The fourth-order valence-corrected chi connectivity index (χ4v) is 3.28. The van der Waals surface area contributed by atoms with Crippen LogP contribution in [-0.2, 0) is 23.7 Å². The molecule has 0 aliphatic carbocycles. The Labute approximate surface area is 126 Å². The van der Waals surface area contributed by atoms with Crippen LogP contribution < -0.4 is 10.1 Å². The smallest absolute Gasteiger partial charge is 0.261 e. The van der Waals surface area contributed by atoms with Gasteiger partial charge in [0.25, 0.3) is 9.05 Å². The van der Waals surface area contributed by atoms with E-state index in [2.05, 4.69) is 5.32 Å². The quantitative estimate of drug-likeness (QED) is 0.775. The van der Waals surface area contributed by atoms with Gasteiger partial charge in [0.15, 0.2) is 9.84 Å². The first kappa shape index (κ1) is 16.1. The standard InChI is InChI=1S/C11H12ClNO6S2/c1-20(15,16)6-11(14)13-9-5-19-10-3-2-7(4-8(9)10)21(12,17)18/h2-4,9H,5-6H2,1H3,(H,13,14). The van der Waals surface area contributed by atoms with Crippen molar-refractivity contribution in [2.24, 2.45) is 0 Å². The first-order valence-corrected chi connectivity index (χ1v) is 10.1. The van der Waals surface area contributed by atoms with Crippen molar-refractivity contribution in [3.8, 4) is 5.75 Å². The molecule has 0 aromatic heterocycles. The summed E-state index contributed by atoms with van der Waals surface area (Å²) < 4.78 is 50.0. The highest BCUT2D eigenvalue weighted by Crippen LogP contribution is 2.34. The highest BCUT2D eigenvalue weighted by Gasteiger charge is 2.28. The maximum atomic E-state index is 11.6. The van der Waals surface area contributed by atoms with E-state index >= 15 is 0 Å². The third-order valence-electron chi connectivity index (χ3n) is 2.77. The van der Waals surface area contributed by atoms with Crippen LogP contribution in [0.5, 0.6) is 5.75 Å². The van der Waals surface area contributed by atoms with E-state index < -0.39 is 36.6 Å². The summed E-state index contributed by atoms with van der Waals surface area (Å²) in [4.78, 5) is 11.5. The average molecular weight is 354 g/mol. The summed E-state index contributed by atoms with van der Waals surface area (Å²) in [5.41, 5.74) is 0.443. The number of carbonyl (C=O) groups is 1. The molecule has 1 heterocycles. The zero-order chi connectivity index (χ0) is 15.8. The van der Waals surface area contributed by atoms with Crippen molar-refractivity contribution in [3.63, 3.8) is 0 Å². The minimum absolute atomic E-state index is 0.0939. The summed E-state index contributed by atoms with van der Waals surface area (Å²) in [6.45, 7) is 0.0939. The van der Waals surface area contributed by atoms with E-state index in [0.29, 0.717) is 11.3 Å². The van der Waals surface area contributed by atoms with Gasteiger partial charge in [-0.1, -0.05) is 0 Å². The number of fused-ring (bicyclic) bond motifs is 1. The first-order chi connectivity index (χ1) is 9.56. The largest absolute Gasteiger partial charge is 0.491 e. The minimum Gasteiger partial charge on any atom is -0.491 e. The lowest BCUT2D eigenvalue weighted by molar-refractivity contribution is -0.119. The van der Waals surface area contributed by atoms with Gasteiger partial charge in [-0.05, 0) is 18.2 Å². The van der Waals surface area contributed by atoms with Gasteiger partial charge < -0.3 is 10.1 Å². The van der Waals surface area contributed by atoms with Gasteiger partial charge >= 0.3 is 0 Å². The lowest BCUT2D eigenvalue weighted by atomic mass is 10.1. The minimum atomic E-state index is -3.90. The van der Waals surface area contributed by atoms with E-state index in [-0.39, 0.29) is 11.5 Å². The van der Waals surface area contributed by atoms with Crippen molar-refractivity contribution < 1.29 is 26.4 Å². The van der Waals surface area contributed by atoms with Gasteiger partial charge in [-0.25, -0.2) is 16.8 Å². The van der Waals surface area contributed by atoms with E-state index in [4.69, 9.17) is 15.4 Å². The fourth-order valence-electron chi connectivity index (χ4n) is 1.94. The van der Waals surface area contributed by atoms with Gasteiger partial charge in [0, 0.05) is 22.5 Å². The predicted octanol–water partition coefficient (Wildman–Crippen LogP) is 0.208. The molecule has 1 aromatic rings. The Balaban J connectivity index is 2.23. The van der Waals surface area contributed by atoms with Crippen LogP contribution in [0.15, 0.2) is 23.1 Å². The lowest BCUT2D eigenvalue weighted by Gasteiger charge is -2.11. The van der Waals surface area contributed by atoms with Crippen LogP contribution >= 0.6 is 10.7 Å². The topological polar surface area (TPSA) is 107 Å².